The van der Waals surface area contributed by atoms with Crippen molar-refractivity contribution in [3.05, 3.63) is 109 Å². The maximum atomic E-state index is 4.94. The van der Waals surface area contributed by atoms with E-state index in [4.69, 9.17) is 5.10 Å². The van der Waals surface area contributed by atoms with Crippen molar-refractivity contribution in [1.29, 1.82) is 0 Å². The molecule has 2 nitrogen and oxygen atoms in total. The van der Waals surface area contributed by atoms with Crippen molar-refractivity contribution in [3.8, 4) is 22.4 Å². The van der Waals surface area contributed by atoms with Crippen LogP contribution in [0, 0.1) is 0 Å². The Morgan fingerprint density at radius 3 is 2.00 bits per heavy atom. The van der Waals surface area contributed by atoms with Gasteiger partial charge in [0.1, 0.15) is 0 Å². The Morgan fingerprint density at radius 1 is 0.517 bits per heavy atom. The SMILES string of the molecule is c1ccc(-c2ccc3c(c2)cc(-c2ccccc2)n2nc4ccccc4c32)cc1. The molecule has 0 bridgehead atoms. The molecule has 0 saturated heterocycles. The van der Waals surface area contributed by atoms with E-state index >= 15 is 0 Å². The van der Waals surface area contributed by atoms with Crippen LogP contribution in [0.5, 0.6) is 0 Å². The topological polar surface area (TPSA) is 17.3 Å². The molecule has 0 N–H and O–H groups in total. The number of benzene rings is 4. The van der Waals surface area contributed by atoms with Crippen LogP contribution in [0.4, 0.5) is 0 Å². The second kappa shape index (κ2) is 6.32. The van der Waals surface area contributed by atoms with E-state index < -0.39 is 0 Å². The second-order valence-corrected chi connectivity index (χ2v) is 7.34. The van der Waals surface area contributed by atoms with Crippen molar-refractivity contribution in [2.24, 2.45) is 0 Å². The van der Waals surface area contributed by atoms with Gasteiger partial charge in [-0.1, -0.05) is 91.0 Å². The van der Waals surface area contributed by atoms with Crippen LogP contribution in [0.15, 0.2) is 109 Å². The molecule has 0 aliphatic carbocycles. The van der Waals surface area contributed by atoms with Gasteiger partial charge in [-0.3, -0.25) is 0 Å². The van der Waals surface area contributed by atoms with Crippen molar-refractivity contribution in [2.75, 3.05) is 0 Å². The van der Waals surface area contributed by atoms with Crippen molar-refractivity contribution in [1.82, 2.24) is 9.61 Å². The zero-order valence-electron chi connectivity index (χ0n) is 15.8. The summed E-state index contributed by atoms with van der Waals surface area (Å²) in [5.74, 6) is 0. The van der Waals surface area contributed by atoms with Crippen molar-refractivity contribution in [2.45, 2.75) is 0 Å². The van der Waals surface area contributed by atoms with Gasteiger partial charge in [0.05, 0.1) is 16.7 Å². The molecule has 6 aromatic rings. The highest BCUT2D eigenvalue weighted by molar-refractivity contribution is 6.11. The smallest absolute Gasteiger partial charge is 0.0934 e. The maximum absolute atomic E-state index is 4.94. The standard InChI is InChI=1S/C27H18N2/c1-3-9-19(10-4-1)21-15-16-23-22(17-21)18-26(20-11-5-2-6-12-20)29-27(23)24-13-7-8-14-25(24)28-29/h1-18H. The van der Waals surface area contributed by atoms with E-state index in [9.17, 15) is 0 Å². The molecule has 0 unspecified atom stereocenters. The number of pyridine rings is 1. The maximum Gasteiger partial charge on any atom is 0.0934 e. The van der Waals surface area contributed by atoms with Crippen LogP contribution >= 0.6 is 0 Å². The first-order valence-electron chi connectivity index (χ1n) is 9.83. The predicted octanol–water partition coefficient (Wildman–Crippen LogP) is 6.97. The first-order chi connectivity index (χ1) is 14.4. The van der Waals surface area contributed by atoms with E-state index in [-0.39, 0.29) is 0 Å². The fourth-order valence-corrected chi connectivity index (χ4v) is 4.20. The Labute approximate surface area is 168 Å². The monoisotopic (exact) mass is 370 g/mol. The number of hydrogen-bond acceptors (Lipinski definition) is 1. The van der Waals surface area contributed by atoms with Crippen LogP contribution in [-0.4, -0.2) is 9.61 Å². The molecule has 2 heterocycles. The van der Waals surface area contributed by atoms with E-state index in [0.29, 0.717) is 0 Å². The fourth-order valence-electron chi connectivity index (χ4n) is 4.20. The van der Waals surface area contributed by atoms with Gasteiger partial charge in [-0.05, 0) is 34.7 Å². The lowest BCUT2D eigenvalue weighted by Gasteiger charge is -2.11. The quantitative estimate of drug-likeness (QED) is 0.321. The molecular formula is C27H18N2. The summed E-state index contributed by atoms with van der Waals surface area (Å²) >= 11 is 0. The van der Waals surface area contributed by atoms with Gasteiger partial charge in [-0.2, -0.15) is 5.10 Å². The zero-order chi connectivity index (χ0) is 19.2. The van der Waals surface area contributed by atoms with Gasteiger partial charge in [-0.25, -0.2) is 4.52 Å². The lowest BCUT2D eigenvalue weighted by molar-refractivity contribution is 0.996. The highest BCUT2D eigenvalue weighted by atomic mass is 15.2. The van der Waals surface area contributed by atoms with Gasteiger partial charge in [0.25, 0.3) is 0 Å². The molecule has 0 fully saturated rings. The van der Waals surface area contributed by atoms with Crippen molar-refractivity contribution >= 4 is 27.2 Å². The van der Waals surface area contributed by atoms with Crippen LogP contribution in [0.2, 0.25) is 0 Å². The van der Waals surface area contributed by atoms with Gasteiger partial charge >= 0.3 is 0 Å². The van der Waals surface area contributed by atoms with Gasteiger partial charge in [0, 0.05) is 16.3 Å². The molecule has 0 saturated carbocycles. The average molecular weight is 370 g/mol. The summed E-state index contributed by atoms with van der Waals surface area (Å²) in [6, 6.07) is 38.4. The third-order valence-electron chi connectivity index (χ3n) is 5.58. The van der Waals surface area contributed by atoms with Gasteiger partial charge in [0.2, 0.25) is 0 Å². The first-order valence-corrected chi connectivity index (χ1v) is 9.83. The summed E-state index contributed by atoms with van der Waals surface area (Å²) in [7, 11) is 0. The predicted molar refractivity (Wildman–Crippen MR) is 121 cm³/mol. The molecular weight excluding hydrogens is 352 g/mol. The van der Waals surface area contributed by atoms with Crippen LogP contribution in [-0.2, 0) is 0 Å². The van der Waals surface area contributed by atoms with Gasteiger partial charge in [0.15, 0.2) is 0 Å². The molecule has 0 aliphatic heterocycles. The molecule has 29 heavy (non-hydrogen) atoms. The van der Waals surface area contributed by atoms with Crippen LogP contribution < -0.4 is 0 Å². The number of nitrogens with zero attached hydrogens (tertiary/aromatic N) is 2. The van der Waals surface area contributed by atoms with E-state index in [2.05, 4.69) is 108 Å². The normalized spacial score (nSPS) is 11.4. The van der Waals surface area contributed by atoms with E-state index in [1.165, 1.54) is 27.3 Å². The average Bonchev–Trinajstić information content (AvgIpc) is 3.19. The Hall–Kier alpha value is -3.91. The minimum Gasteiger partial charge on any atom is -0.231 e. The van der Waals surface area contributed by atoms with E-state index in [0.717, 1.165) is 22.3 Å². The van der Waals surface area contributed by atoms with Crippen molar-refractivity contribution in [3.63, 3.8) is 0 Å². The molecule has 4 aromatic carbocycles. The van der Waals surface area contributed by atoms with Crippen LogP contribution in [0.1, 0.15) is 0 Å². The highest BCUT2D eigenvalue weighted by Gasteiger charge is 2.14. The molecule has 6 rings (SSSR count). The molecule has 0 spiro atoms. The van der Waals surface area contributed by atoms with Gasteiger partial charge in [-0.15, -0.1) is 0 Å². The second-order valence-electron chi connectivity index (χ2n) is 7.34. The lowest BCUT2D eigenvalue weighted by atomic mass is 9.99. The Morgan fingerprint density at radius 2 is 1.21 bits per heavy atom. The third kappa shape index (κ3) is 2.54. The number of rotatable bonds is 2. The summed E-state index contributed by atoms with van der Waals surface area (Å²) < 4.78 is 2.10. The summed E-state index contributed by atoms with van der Waals surface area (Å²) in [4.78, 5) is 0. The molecule has 0 amide bonds. The minimum absolute atomic E-state index is 1.02. The Balaban J connectivity index is 1.75. The minimum atomic E-state index is 1.02. The van der Waals surface area contributed by atoms with Crippen LogP contribution in [0.25, 0.3) is 49.6 Å². The number of fused-ring (bicyclic) bond motifs is 5. The number of aromatic nitrogens is 2. The van der Waals surface area contributed by atoms with Crippen LogP contribution in [0.3, 0.4) is 0 Å². The summed E-state index contributed by atoms with van der Waals surface area (Å²) in [6.07, 6.45) is 0. The third-order valence-corrected chi connectivity index (χ3v) is 5.58. The summed E-state index contributed by atoms with van der Waals surface area (Å²) in [5, 5.41) is 8.57. The fraction of sp³-hybridized carbons (Fsp3) is 0. The first kappa shape index (κ1) is 16.1. The van der Waals surface area contributed by atoms with E-state index in [1.54, 1.807) is 0 Å². The molecule has 0 radical (unpaired) electrons. The number of hydrogen-bond donors (Lipinski definition) is 0. The van der Waals surface area contributed by atoms with Gasteiger partial charge < -0.3 is 0 Å². The van der Waals surface area contributed by atoms with E-state index in [1.807, 2.05) is 6.07 Å². The summed E-state index contributed by atoms with van der Waals surface area (Å²) in [6.45, 7) is 0. The zero-order valence-corrected chi connectivity index (χ0v) is 15.8. The summed E-state index contributed by atoms with van der Waals surface area (Å²) in [5.41, 5.74) is 6.91. The molecule has 2 heteroatoms. The molecule has 0 aliphatic rings. The highest BCUT2D eigenvalue weighted by Crippen LogP contribution is 2.34. The lowest BCUT2D eigenvalue weighted by Crippen LogP contribution is -1.95. The molecule has 136 valence electrons. The van der Waals surface area contributed by atoms with Crippen molar-refractivity contribution < 1.29 is 0 Å². The molecule has 0 atom stereocenters. The Bertz CT molecular complexity index is 1480. The largest absolute Gasteiger partial charge is 0.231 e. The Kier molecular flexibility index (Phi) is 3.50. The molecule has 2 aromatic heterocycles.